The van der Waals surface area contributed by atoms with E-state index >= 15 is 0 Å². The molecule has 0 spiro atoms. The van der Waals surface area contributed by atoms with E-state index in [1.165, 1.54) is 11.3 Å². The lowest BCUT2D eigenvalue weighted by Crippen LogP contribution is -2.23. The topological polar surface area (TPSA) is 69.7 Å². The lowest BCUT2D eigenvalue weighted by molar-refractivity contribution is 0.102. The molecule has 1 amide bonds. The van der Waals surface area contributed by atoms with Gasteiger partial charge in [0.2, 0.25) is 0 Å². The Labute approximate surface area is 209 Å². The summed E-state index contributed by atoms with van der Waals surface area (Å²) in [5.41, 5.74) is 2.92. The van der Waals surface area contributed by atoms with E-state index in [2.05, 4.69) is 5.32 Å². The third-order valence-electron chi connectivity index (χ3n) is 5.10. The van der Waals surface area contributed by atoms with Crippen LogP contribution in [0.1, 0.15) is 31.1 Å². The number of benzene rings is 3. The van der Waals surface area contributed by atoms with Gasteiger partial charge in [-0.2, -0.15) is 0 Å². The van der Waals surface area contributed by atoms with Crippen molar-refractivity contribution in [3.8, 4) is 38.9 Å². The molecule has 0 radical (unpaired) electrons. The Balaban J connectivity index is 1.63. The summed E-state index contributed by atoms with van der Waals surface area (Å²) in [7, 11) is 3.27. The Hall–Kier alpha value is -3.84. The van der Waals surface area contributed by atoms with E-state index in [1.54, 1.807) is 38.5 Å². The van der Waals surface area contributed by atoms with Gasteiger partial charge in [0.05, 0.1) is 24.8 Å². The first kappa shape index (κ1) is 24.3. The minimum atomic E-state index is -0.305. The van der Waals surface area contributed by atoms with Crippen LogP contribution in [-0.2, 0) is 0 Å². The molecule has 35 heavy (non-hydrogen) atoms. The van der Waals surface area contributed by atoms with Crippen LogP contribution in [0.4, 0.5) is 5.13 Å². The predicted octanol–water partition coefficient (Wildman–Crippen LogP) is 6.92. The molecule has 0 fully saturated rings. The molecule has 3 aromatic carbocycles. The third kappa shape index (κ3) is 6.00. The number of anilines is 1. The molecule has 1 N–H and O–H groups in total. The SMILES string of the molecule is COc1ccc(-c2nc(NC(=O)c3ccc(OC(C)(C)C)cc3)sc2-c2ccc(OC)cc2)cc1. The highest BCUT2D eigenvalue weighted by atomic mass is 32.1. The lowest BCUT2D eigenvalue weighted by atomic mass is 10.1. The molecule has 1 aromatic heterocycles. The third-order valence-corrected chi connectivity index (χ3v) is 6.12. The molecule has 0 saturated carbocycles. The van der Waals surface area contributed by atoms with Crippen LogP contribution in [0.3, 0.4) is 0 Å². The van der Waals surface area contributed by atoms with Crippen molar-refractivity contribution < 1.29 is 19.0 Å². The van der Waals surface area contributed by atoms with E-state index in [4.69, 9.17) is 19.2 Å². The van der Waals surface area contributed by atoms with Gasteiger partial charge < -0.3 is 14.2 Å². The molecule has 0 saturated heterocycles. The second kappa shape index (κ2) is 10.2. The fourth-order valence-corrected chi connectivity index (χ4v) is 4.44. The molecule has 4 aromatic rings. The summed E-state index contributed by atoms with van der Waals surface area (Å²) in [6.07, 6.45) is 0. The second-order valence-corrected chi connectivity index (χ2v) is 9.85. The summed E-state index contributed by atoms with van der Waals surface area (Å²) in [6, 6.07) is 22.6. The minimum Gasteiger partial charge on any atom is -0.497 e. The lowest BCUT2D eigenvalue weighted by Gasteiger charge is -2.21. The van der Waals surface area contributed by atoms with Crippen LogP contribution < -0.4 is 19.5 Å². The molecule has 0 aliphatic rings. The average Bonchev–Trinajstić information content (AvgIpc) is 3.27. The number of methoxy groups -OCH3 is 2. The zero-order chi connectivity index (χ0) is 25.0. The summed E-state index contributed by atoms with van der Waals surface area (Å²) in [6.45, 7) is 5.95. The Bertz CT molecular complexity index is 1220. The molecular weight excluding hydrogens is 460 g/mol. The quantitative estimate of drug-likeness (QED) is 0.306. The van der Waals surface area contributed by atoms with E-state index in [0.29, 0.717) is 16.4 Å². The molecule has 0 aliphatic carbocycles. The van der Waals surface area contributed by atoms with Gasteiger partial charge in [-0.1, -0.05) is 11.3 Å². The summed E-state index contributed by atoms with van der Waals surface area (Å²) < 4.78 is 16.4. The van der Waals surface area contributed by atoms with Gasteiger partial charge in [-0.15, -0.1) is 0 Å². The van der Waals surface area contributed by atoms with Gasteiger partial charge in [-0.25, -0.2) is 4.98 Å². The van der Waals surface area contributed by atoms with Gasteiger partial charge >= 0.3 is 0 Å². The highest BCUT2D eigenvalue weighted by Crippen LogP contribution is 2.40. The number of carbonyl (C=O) groups excluding carboxylic acids is 1. The van der Waals surface area contributed by atoms with Crippen molar-refractivity contribution in [2.45, 2.75) is 26.4 Å². The molecule has 0 atom stereocenters. The number of nitrogens with one attached hydrogen (secondary N) is 1. The molecule has 0 bridgehead atoms. The van der Waals surface area contributed by atoms with Crippen LogP contribution in [0.15, 0.2) is 72.8 Å². The number of thiazole rings is 1. The first-order chi connectivity index (χ1) is 16.8. The first-order valence-electron chi connectivity index (χ1n) is 11.2. The summed E-state index contributed by atoms with van der Waals surface area (Å²) in [5, 5.41) is 3.47. The monoisotopic (exact) mass is 488 g/mol. The fraction of sp³-hybridized carbons (Fsp3) is 0.214. The minimum absolute atomic E-state index is 0.233. The van der Waals surface area contributed by atoms with Crippen molar-refractivity contribution in [3.63, 3.8) is 0 Å². The number of rotatable bonds is 7. The Morgan fingerprint density at radius 3 is 1.80 bits per heavy atom. The number of carbonyl (C=O) groups is 1. The van der Waals surface area contributed by atoms with Gasteiger partial charge in [-0.3, -0.25) is 10.1 Å². The van der Waals surface area contributed by atoms with Crippen molar-refractivity contribution in [3.05, 3.63) is 78.4 Å². The smallest absolute Gasteiger partial charge is 0.257 e. The molecule has 0 aliphatic heterocycles. The Morgan fingerprint density at radius 1 is 0.771 bits per heavy atom. The number of aromatic nitrogens is 1. The zero-order valence-corrected chi connectivity index (χ0v) is 21.2. The standard InChI is InChI=1S/C28H28N2O4S/c1-28(2,3)34-23-16-10-20(11-17-23)26(31)30-27-29-24(18-6-12-21(32-4)13-7-18)25(35-27)19-8-14-22(33-5)15-9-19/h6-17H,1-5H3,(H,29,30,31). The van der Waals surface area contributed by atoms with E-state index in [9.17, 15) is 4.79 Å². The average molecular weight is 489 g/mol. The number of nitrogens with zero attached hydrogens (tertiary/aromatic N) is 1. The Morgan fingerprint density at radius 2 is 1.29 bits per heavy atom. The van der Waals surface area contributed by atoms with Crippen molar-refractivity contribution in [2.75, 3.05) is 19.5 Å². The summed E-state index contributed by atoms with van der Waals surface area (Å²) >= 11 is 1.43. The van der Waals surface area contributed by atoms with Crippen LogP contribution in [-0.4, -0.2) is 30.7 Å². The molecular formula is C28H28N2O4S. The number of hydrogen-bond acceptors (Lipinski definition) is 6. The maximum Gasteiger partial charge on any atom is 0.257 e. The number of ether oxygens (including phenoxy) is 3. The maximum absolute atomic E-state index is 13.0. The largest absolute Gasteiger partial charge is 0.497 e. The van der Waals surface area contributed by atoms with Crippen molar-refractivity contribution >= 4 is 22.4 Å². The first-order valence-corrected chi connectivity index (χ1v) is 12.0. The van der Waals surface area contributed by atoms with Gasteiger partial charge in [-0.05, 0) is 99.1 Å². The van der Waals surface area contributed by atoms with Crippen LogP contribution in [0.25, 0.3) is 21.7 Å². The highest BCUT2D eigenvalue weighted by molar-refractivity contribution is 7.19. The van der Waals surface area contributed by atoms with Crippen molar-refractivity contribution in [1.29, 1.82) is 0 Å². The molecule has 0 unspecified atom stereocenters. The van der Waals surface area contributed by atoms with Crippen molar-refractivity contribution in [2.24, 2.45) is 0 Å². The summed E-state index contributed by atoms with van der Waals surface area (Å²) in [5.74, 6) is 2.02. The van der Waals surface area contributed by atoms with Gasteiger partial charge in [0.15, 0.2) is 5.13 Å². The molecule has 180 valence electrons. The predicted molar refractivity (Wildman–Crippen MR) is 141 cm³/mol. The van der Waals surface area contributed by atoms with Gasteiger partial charge in [0.25, 0.3) is 5.91 Å². The number of hydrogen-bond donors (Lipinski definition) is 1. The van der Waals surface area contributed by atoms with Gasteiger partial charge in [0.1, 0.15) is 22.8 Å². The van der Waals surface area contributed by atoms with E-state index in [0.717, 1.165) is 33.2 Å². The maximum atomic E-state index is 13.0. The van der Waals surface area contributed by atoms with E-state index in [1.807, 2.05) is 69.3 Å². The van der Waals surface area contributed by atoms with E-state index in [-0.39, 0.29) is 11.5 Å². The molecule has 6 nitrogen and oxygen atoms in total. The summed E-state index contributed by atoms with van der Waals surface area (Å²) in [4.78, 5) is 18.7. The van der Waals surface area contributed by atoms with Crippen LogP contribution in [0.5, 0.6) is 17.2 Å². The molecule has 7 heteroatoms. The van der Waals surface area contributed by atoms with Crippen LogP contribution >= 0.6 is 11.3 Å². The van der Waals surface area contributed by atoms with E-state index < -0.39 is 0 Å². The van der Waals surface area contributed by atoms with Gasteiger partial charge in [0, 0.05) is 11.1 Å². The van der Waals surface area contributed by atoms with Crippen molar-refractivity contribution in [1.82, 2.24) is 4.98 Å². The normalized spacial score (nSPS) is 11.1. The Kier molecular flexibility index (Phi) is 7.07. The molecule has 4 rings (SSSR count). The van der Waals surface area contributed by atoms with Crippen LogP contribution in [0, 0.1) is 0 Å². The zero-order valence-electron chi connectivity index (χ0n) is 20.4. The highest BCUT2D eigenvalue weighted by Gasteiger charge is 2.18. The number of amides is 1. The second-order valence-electron chi connectivity index (χ2n) is 8.85. The van der Waals surface area contributed by atoms with Crippen LogP contribution in [0.2, 0.25) is 0 Å². The molecule has 1 heterocycles. The fourth-order valence-electron chi connectivity index (χ4n) is 3.45.